The third-order valence-electron chi connectivity index (χ3n) is 3.83. The molecule has 114 valence electrons. The Labute approximate surface area is 131 Å². The number of fused-ring (bicyclic) bond motifs is 1. The van der Waals surface area contributed by atoms with Gasteiger partial charge in [-0.2, -0.15) is 0 Å². The summed E-state index contributed by atoms with van der Waals surface area (Å²) in [7, 11) is 4.20. The molecule has 0 atom stereocenters. The fraction of sp³-hybridized carbons (Fsp3) is 0.263. The first-order chi connectivity index (χ1) is 10.7. The Bertz CT molecular complexity index is 732. The lowest BCUT2D eigenvalue weighted by molar-refractivity contribution is 0.309. The number of ether oxygens (including phenoxy) is 1. The van der Waals surface area contributed by atoms with E-state index in [4.69, 9.17) is 4.74 Å². The summed E-state index contributed by atoms with van der Waals surface area (Å²) < 4.78 is 6.00. The van der Waals surface area contributed by atoms with Crippen molar-refractivity contribution in [3.8, 4) is 5.75 Å². The van der Waals surface area contributed by atoms with Gasteiger partial charge in [-0.1, -0.05) is 42.5 Å². The number of benzene rings is 2. The lowest BCUT2D eigenvalue weighted by Gasteiger charge is -2.09. The summed E-state index contributed by atoms with van der Waals surface area (Å²) in [5.41, 5.74) is 3.61. The number of hydrogen-bond acceptors (Lipinski definition) is 2. The number of para-hydroxylation sites is 1. The van der Waals surface area contributed by atoms with Gasteiger partial charge in [0.15, 0.2) is 0 Å². The van der Waals surface area contributed by atoms with Crippen molar-refractivity contribution in [3.63, 3.8) is 0 Å². The molecule has 0 fully saturated rings. The van der Waals surface area contributed by atoms with Crippen molar-refractivity contribution in [2.24, 2.45) is 0 Å². The fourth-order valence-corrected chi connectivity index (χ4v) is 2.59. The predicted octanol–water partition coefficient (Wildman–Crippen LogP) is 3.85. The van der Waals surface area contributed by atoms with Crippen LogP contribution in [0.1, 0.15) is 11.1 Å². The Kier molecular flexibility index (Phi) is 4.45. The summed E-state index contributed by atoms with van der Waals surface area (Å²) in [6.45, 7) is 1.63. The molecular weight excluding hydrogens is 272 g/mol. The van der Waals surface area contributed by atoms with Crippen LogP contribution in [0.3, 0.4) is 0 Å². The van der Waals surface area contributed by atoms with Gasteiger partial charge in [-0.15, -0.1) is 0 Å². The second-order valence-corrected chi connectivity index (χ2v) is 5.82. The summed E-state index contributed by atoms with van der Waals surface area (Å²) in [6, 6.07) is 16.5. The molecule has 0 bridgehead atoms. The van der Waals surface area contributed by atoms with Crippen LogP contribution in [0.25, 0.3) is 10.9 Å². The number of H-pyrrole nitrogens is 1. The van der Waals surface area contributed by atoms with Crippen molar-refractivity contribution in [2.45, 2.75) is 13.0 Å². The van der Waals surface area contributed by atoms with E-state index in [0.717, 1.165) is 24.2 Å². The van der Waals surface area contributed by atoms with Crippen LogP contribution in [-0.4, -0.2) is 30.5 Å². The van der Waals surface area contributed by atoms with E-state index >= 15 is 0 Å². The first kappa shape index (κ1) is 14.7. The third kappa shape index (κ3) is 3.31. The standard InChI is InChI=1S/C19H22N2O/c1-21(2)12-11-16-13-20-19-17(16)9-6-10-18(19)22-14-15-7-4-3-5-8-15/h3-10,13,20H,11-12,14H2,1-2H3. The molecule has 3 nitrogen and oxygen atoms in total. The minimum Gasteiger partial charge on any atom is -0.487 e. The van der Waals surface area contributed by atoms with Crippen molar-refractivity contribution in [1.82, 2.24) is 9.88 Å². The van der Waals surface area contributed by atoms with E-state index in [1.807, 2.05) is 24.3 Å². The highest BCUT2D eigenvalue weighted by molar-refractivity contribution is 5.88. The number of rotatable bonds is 6. The Morgan fingerprint density at radius 2 is 1.82 bits per heavy atom. The number of nitrogens with one attached hydrogen (secondary N) is 1. The van der Waals surface area contributed by atoms with Crippen molar-refractivity contribution < 1.29 is 4.74 Å². The molecule has 0 saturated carbocycles. The zero-order chi connectivity index (χ0) is 15.4. The lowest BCUT2D eigenvalue weighted by Crippen LogP contribution is -2.14. The SMILES string of the molecule is CN(C)CCc1c[nH]c2c(OCc3ccccc3)cccc12. The largest absolute Gasteiger partial charge is 0.487 e. The molecule has 2 aromatic carbocycles. The van der Waals surface area contributed by atoms with Crippen molar-refractivity contribution in [2.75, 3.05) is 20.6 Å². The average Bonchev–Trinajstić information content (AvgIpc) is 2.95. The molecule has 0 aliphatic heterocycles. The maximum absolute atomic E-state index is 6.00. The van der Waals surface area contributed by atoms with Crippen molar-refractivity contribution in [3.05, 3.63) is 65.9 Å². The molecule has 3 heteroatoms. The van der Waals surface area contributed by atoms with Crippen LogP contribution in [0, 0.1) is 0 Å². The van der Waals surface area contributed by atoms with Crippen LogP contribution in [0.5, 0.6) is 5.75 Å². The average molecular weight is 294 g/mol. The molecule has 3 rings (SSSR count). The van der Waals surface area contributed by atoms with Crippen LogP contribution >= 0.6 is 0 Å². The zero-order valence-electron chi connectivity index (χ0n) is 13.2. The monoisotopic (exact) mass is 294 g/mol. The van der Waals surface area contributed by atoms with Gasteiger partial charge in [0.05, 0.1) is 5.52 Å². The second-order valence-electron chi connectivity index (χ2n) is 5.82. The van der Waals surface area contributed by atoms with E-state index in [2.05, 4.69) is 54.4 Å². The smallest absolute Gasteiger partial charge is 0.143 e. The lowest BCUT2D eigenvalue weighted by atomic mass is 10.1. The van der Waals surface area contributed by atoms with Gasteiger partial charge in [0.25, 0.3) is 0 Å². The van der Waals surface area contributed by atoms with Crippen LogP contribution < -0.4 is 4.74 Å². The van der Waals surface area contributed by atoms with E-state index in [9.17, 15) is 0 Å². The van der Waals surface area contributed by atoms with Gasteiger partial charge < -0.3 is 14.6 Å². The molecule has 0 saturated heterocycles. The van der Waals surface area contributed by atoms with Gasteiger partial charge in [-0.3, -0.25) is 0 Å². The number of likely N-dealkylation sites (N-methyl/N-ethyl adjacent to an activating group) is 1. The van der Waals surface area contributed by atoms with E-state index in [1.54, 1.807) is 0 Å². The molecule has 0 aliphatic rings. The second kappa shape index (κ2) is 6.67. The Balaban J connectivity index is 1.79. The minimum absolute atomic E-state index is 0.589. The van der Waals surface area contributed by atoms with Crippen LogP contribution in [0.15, 0.2) is 54.7 Å². The zero-order valence-corrected chi connectivity index (χ0v) is 13.2. The third-order valence-corrected chi connectivity index (χ3v) is 3.83. The summed E-state index contributed by atoms with van der Waals surface area (Å²) in [5, 5.41) is 1.26. The Hall–Kier alpha value is -2.26. The molecule has 0 unspecified atom stereocenters. The highest BCUT2D eigenvalue weighted by atomic mass is 16.5. The maximum atomic E-state index is 6.00. The topological polar surface area (TPSA) is 28.3 Å². The molecule has 0 aliphatic carbocycles. The highest BCUT2D eigenvalue weighted by Crippen LogP contribution is 2.28. The molecule has 1 N–H and O–H groups in total. The molecule has 1 aromatic heterocycles. The van der Waals surface area contributed by atoms with E-state index in [0.29, 0.717) is 6.61 Å². The maximum Gasteiger partial charge on any atom is 0.143 e. The molecule has 0 radical (unpaired) electrons. The van der Waals surface area contributed by atoms with E-state index in [-0.39, 0.29) is 0 Å². The molecular formula is C19H22N2O. The number of nitrogens with zero attached hydrogens (tertiary/aromatic N) is 1. The van der Waals surface area contributed by atoms with Crippen LogP contribution in [-0.2, 0) is 13.0 Å². The Morgan fingerprint density at radius 3 is 2.59 bits per heavy atom. The summed E-state index contributed by atoms with van der Waals surface area (Å²) in [6.07, 6.45) is 3.14. The van der Waals surface area contributed by atoms with Crippen molar-refractivity contribution in [1.29, 1.82) is 0 Å². The molecule has 0 amide bonds. The summed E-state index contributed by atoms with van der Waals surface area (Å²) in [4.78, 5) is 5.58. The number of aromatic nitrogens is 1. The van der Waals surface area contributed by atoms with Crippen molar-refractivity contribution >= 4 is 10.9 Å². The molecule has 1 heterocycles. The first-order valence-corrected chi connectivity index (χ1v) is 7.64. The fourth-order valence-electron chi connectivity index (χ4n) is 2.59. The normalized spacial score (nSPS) is 11.2. The Morgan fingerprint density at radius 1 is 1.00 bits per heavy atom. The first-order valence-electron chi connectivity index (χ1n) is 7.64. The van der Waals surface area contributed by atoms with Crippen LogP contribution in [0.4, 0.5) is 0 Å². The summed E-state index contributed by atoms with van der Waals surface area (Å²) in [5.74, 6) is 0.914. The van der Waals surface area contributed by atoms with Gasteiger partial charge >= 0.3 is 0 Å². The van der Waals surface area contributed by atoms with Gasteiger partial charge in [0.1, 0.15) is 12.4 Å². The number of hydrogen-bond donors (Lipinski definition) is 1. The molecule has 22 heavy (non-hydrogen) atoms. The van der Waals surface area contributed by atoms with Gasteiger partial charge in [-0.05, 0) is 37.7 Å². The van der Waals surface area contributed by atoms with Crippen LogP contribution in [0.2, 0.25) is 0 Å². The predicted molar refractivity (Wildman–Crippen MR) is 91.3 cm³/mol. The minimum atomic E-state index is 0.589. The molecule has 3 aromatic rings. The highest BCUT2D eigenvalue weighted by Gasteiger charge is 2.08. The van der Waals surface area contributed by atoms with Gasteiger partial charge in [0, 0.05) is 18.1 Å². The molecule has 0 spiro atoms. The van der Waals surface area contributed by atoms with E-state index in [1.165, 1.54) is 16.5 Å². The van der Waals surface area contributed by atoms with Gasteiger partial charge in [0.2, 0.25) is 0 Å². The quantitative estimate of drug-likeness (QED) is 0.748. The number of aromatic amines is 1. The summed E-state index contributed by atoms with van der Waals surface area (Å²) >= 11 is 0. The van der Waals surface area contributed by atoms with E-state index < -0.39 is 0 Å². The van der Waals surface area contributed by atoms with Gasteiger partial charge in [-0.25, -0.2) is 0 Å².